The van der Waals surface area contributed by atoms with Gasteiger partial charge in [-0.2, -0.15) is 5.10 Å². The van der Waals surface area contributed by atoms with Gasteiger partial charge in [-0.05, 0) is 17.7 Å². The number of nitrogens with zero attached hydrogens (tertiary/aromatic N) is 3. The highest BCUT2D eigenvalue weighted by Crippen LogP contribution is 2.27. The summed E-state index contributed by atoms with van der Waals surface area (Å²) < 4.78 is 26.5. The van der Waals surface area contributed by atoms with Crippen molar-refractivity contribution < 1.29 is 13.9 Å². The van der Waals surface area contributed by atoms with E-state index in [0.29, 0.717) is 5.56 Å². The van der Waals surface area contributed by atoms with Gasteiger partial charge in [0, 0.05) is 0 Å². The Morgan fingerprint density at radius 1 is 1.42 bits per heavy atom. The van der Waals surface area contributed by atoms with Crippen molar-refractivity contribution in [1.29, 1.82) is 0 Å². The number of hydrogen-bond acceptors (Lipinski definition) is 4. The lowest BCUT2D eigenvalue weighted by Crippen LogP contribution is -2.15. The Hall–Kier alpha value is -1.57. The van der Waals surface area contributed by atoms with E-state index in [4.69, 9.17) is 22.4 Å². The van der Waals surface area contributed by atoms with Crippen LogP contribution in [0.25, 0.3) is 5.69 Å². The topological polar surface area (TPSA) is 77.0 Å². The molecule has 0 fully saturated rings. The number of aliphatic hydroxyl groups is 1. The summed E-state index contributed by atoms with van der Waals surface area (Å²) in [6, 6.07) is 4.02. The summed E-state index contributed by atoms with van der Waals surface area (Å²) in [6.45, 7) is -0.264. The molecule has 102 valence electrons. The van der Waals surface area contributed by atoms with Gasteiger partial charge in [-0.1, -0.05) is 17.7 Å². The van der Waals surface area contributed by atoms with Gasteiger partial charge in [-0.3, -0.25) is 0 Å². The molecule has 0 spiro atoms. The summed E-state index contributed by atoms with van der Waals surface area (Å²) in [5, 5.41) is 13.0. The smallest absolute Gasteiger partial charge is 0.297 e. The number of nitrogens with two attached hydrogens (primary N) is 1. The SMILES string of the molecule is NC(CO)c1ccc(Cl)c(-n2ncnc2C(F)F)c1. The first-order chi connectivity index (χ1) is 9.04. The lowest BCUT2D eigenvalue weighted by atomic mass is 10.1. The van der Waals surface area contributed by atoms with Gasteiger partial charge >= 0.3 is 0 Å². The van der Waals surface area contributed by atoms with E-state index < -0.39 is 18.3 Å². The van der Waals surface area contributed by atoms with Gasteiger partial charge in [0.25, 0.3) is 6.43 Å². The summed E-state index contributed by atoms with van der Waals surface area (Å²) in [7, 11) is 0. The van der Waals surface area contributed by atoms with Gasteiger partial charge in [0.05, 0.1) is 23.4 Å². The molecular formula is C11H11ClF2N4O. The third-order valence-corrected chi connectivity index (χ3v) is 2.91. The second-order valence-corrected chi connectivity index (χ2v) is 4.24. The van der Waals surface area contributed by atoms with E-state index >= 15 is 0 Å². The summed E-state index contributed by atoms with van der Waals surface area (Å²) in [5.41, 5.74) is 6.49. The Morgan fingerprint density at radius 3 is 2.79 bits per heavy atom. The molecule has 3 N–H and O–H groups in total. The van der Waals surface area contributed by atoms with Crippen molar-refractivity contribution in [3.63, 3.8) is 0 Å². The standard InChI is InChI=1S/C11H11ClF2N4O/c12-7-2-1-6(8(15)4-19)3-9(7)18-11(10(13)14)16-5-17-18/h1-3,5,8,10,19H,4,15H2. The number of hydrogen-bond donors (Lipinski definition) is 2. The van der Waals surface area contributed by atoms with Crippen LogP contribution in [0.2, 0.25) is 5.02 Å². The van der Waals surface area contributed by atoms with Crippen LogP contribution in [0.5, 0.6) is 0 Å². The van der Waals surface area contributed by atoms with Crippen molar-refractivity contribution in [2.24, 2.45) is 5.73 Å². The first-order valence-corrected chi connectivity index (χ1v) is 5.76. The summed E-state index contributed by atoms with van der Waals surface area (Å²) in [6.07, 6.45) is -1.75. The predicted molar refractivity (Wildman–Crippen MR) is 65.3 cm³/mol. The minimum absolute atomic E-state index is 0.237. The van der Waals surface area contributed by atoms with Crippen molar-refractivity contribution in [2.75, 3.05) is 6.61 Å². The van der Waals surface area contributed by atoms with Crippen LogP contribution in [0.1, 0.15) is 23.9 Å². The molecule has 0 amide bonds. The molecule has 0 aliphatic heterocycles. The third-order valence-electron chi connectivity index (χ3n) is 2.59. The summed E-state index contributed by atoms with van der Waals surface area (Å²) >= 11 is 5.98. The first kappa shape index (κ1) is 13.9. The minimum atomic E-state index is -2.77. The lowest BCUT2D eigenvalue weighted by molar-refractivity contribution is 0.137. The van der Waals surface area contributed by atoms with E-state index in [1.165, 1.54) is 12.1 Å². The molecule has 8 heteroatoms. The first-order valence-electron chi connectivity index (χ1n) is 5.39. The maximum atomic E-state index is 12.8. The number of benzene rings is 1. The Morgan fingerprint density at radius 2 is 2.16 bits per heavy atom. The highest BCUT2D eigenvalue weighted by atomic mass is 35.5. The number of rotatable bonds is 4. The predicted octanol–water partition coefficient (Wildman–Crippen LogP) is 1.85. The van der Waals surface area contributed by atoms with Gasteiger partial charge in [-0.15, -0.1) is 0 Å². The molecule has 1 atom stereocenters. The molecular weight excluding hydrogens is 278 g/mol. The highest BCUT2D eigenvalue weighted by molar-refractivity contribution is 6.32. The summed E-state index contributed by atoms with van der Waals surface area (Å²) in [4.78, 5) is 3.49. The van der Waals surface area contributed by atoms with Crippen molar-refractivity contribution in [2.45, 2.75) is 12.5 Å². The van der Waals surface area contributed by atoms with Crippen LogP contribution in [0.4, 0.5) is 8.78 Å². The fraction of sp³-hybridized carbons (Fsp3) is 0.273. The Balaban J connectivity index is 2.52. The number of aliphatic hydroxyl groups excluding tert-OH is 1. The van der Waals surface area contributed by atoms with E-state index in [0.717, 1.165) is 11.0 Å². The zero-order valence-corrected chi connectivity index (χ0v) is 10.4. The van der Waals surface area contributed by atoms with Gasteiger partial charge in [0.2, 0.25) is 0 Å². The average Bonchev–Trinajstić information content (AvgIpc) is 2.87. The molecule has 0 aliphatic rings. The van der Waals surface area contributed by atoms with E-state index in [9.17, 15) is 8.78 Å². The fourth-order valence-electron chi connectivity index (χ4n) is 1.61. The number of alkyl halides is 2. The molecule has 1 aromatic heterocycles. The molecule has 0 radical (unpaired) electrons. The van der Waals surface area contributed by atoms with Crippen LogP contribution in [-0.4, -0.2) is 26.5 Å². The average molecular weight is 289 g/mol. The fourth-order valence-corrected chi connectivity index (χ4v) is 1.81. The monoisotopic (exact) mass is 288 g/mol. The molecule has 0 bridgehead atoms. The second-order valence-electron chi connectivity index (χ2n) is 3.83. The van der Waals surface area contributed by atoms with Crippen molar-refractivity contribution in [1.82, 2.24) is 14.8 Å². The van der Waals surface area contributed by atoms with Crippen LogP contribution < -0.4 is 5.73 Å². The Bertz CT molecular complexity index is 576. The highest BCUT2D eigenvalue weighted by Gasteiger charge is 2.19. The van der Waals surface area contributed by atoms with Crippen LogP contribution >= 0.6 is 11.6 Å². The maximum Gasteiger partial charge on any atom is 0.297 e. The lowest BCUT2D eigenvalue weighted by Gasteiger charge is -2.13. The van der Waals surface area contributed by atoms with E-state index in [-0.39, 0.29) is 17.3 Å². The molecule has 2 aromatic rings. The number of aromatic nitrogens is 3. The largest absolute Gasteiger partial charge is 0.394 e. The second kappa shape index (κ2) is 5.60. The quantitative estimate of drug-likeness (QED) is 0.900. The Kier molecular flexibility index (Phi) is 4.08. The molecule has 5 nitrogen and oxygen atoms in total. The van der Waals surface area contributed by atoms with Crippen LogP contribution in [0, 0.1) is 0 Å². The molecule has 0 saturated carbocycles. The van der Waals surface area contributed by atoms with Gasteiger partial charge in [-0.25, -0.2) is 18.4 Å². The zero-order valence-electron chi connectivity index (χ0n) is 9.67. The zero-order chi connectivity index (χ0) is 14.0. The van der Waals surface area contributed by atoms with Crippen LogP contribution in [0.15, 0.2) is 24.5 Å². The summed E-state index contributed by atoms with van der Waals surface area (Å²) in [5.74, 6) is -0.503. The van der Waals surface area contributed by atoms with E-state index in [1.807, 2.05) is 0 Å². The van der Waals surface area contributed by atoms with Gasteiger partial charge in [0.15, 0.2) is 5.82 Å². The van der Waals surface area contributed by atoms with Gasteiger partial charge < -0.3 is 10.8 Å². The molecule has 19 heavy (non-hydrogen) atoms. The minimum Gasteiger partial charge on any atom is -0.394 e. The van der Waals surface area contributed by atoms with Crippen molar-refractivity contribution in [3.8, 4) is 5.69 Å². The van der Waals surface area contributed by atoms with Gasteiger partial charge in [0.1, 0.15) is 6.33 Å². The molecule has 1 heterocycles. The normalized spacial score (nSPS) is 12.9. The molecule has 0 aliphatic carbocycles. The number of halogens is 3. The molecule has 0 saturated heterocycles. The molecule has 1 aromatic carbocycles. The van der Waals surface area contributed by atoms with Crippen molar-refractivity contribution in [3.05, 3.63) is 40.9 Å². The molecule has 2 rings (SSSR count). The maximum absolute atomic E-state index is 12.8. The van der Waals surface area contributed by atoms with E-state index in [1.54, 1.807) is 6.07 Å². The van der Waals surface area contributed by atoms with E-state index in [2.05, 4.69) is 10.1 Å². The van der Waals surface area contributed by atoms with Crippen molar-refractivity contribution >= 4 is 11.6 Å². The van der Waals surface area contributed by atoms with Crippen LogP contribution in [-0.2, 0) is 0 Å². The van der Waals surface area contributed by atoms with Crippen LogP contribution in [0.3, 0.4) is 0 Å². The third kappa shape index (κ3) is 2.73. The molecule has 1 unspecified atom stereocenters. The Labute approximate surface area is 112 Å².